The molecule has 0 saturated heterocycles. The number of aliphatic hydroxyl groups is 1. The lowest BCUT2D eigenvalue weighted by molar-refractivity contribution is 0.0664. The zero-order valence-electron chi connectivity index (χ0n) is 18.9. The molecule has 10 heteroatoms. The van der Waals surface area contributed by atoms with E-state index in [9.17, 15) is 15.0 Å². The van der Waals surface area contributed by atoms with Crippen molar-refractivity contribution in [3.8, 4) is 17.0 Å². The summed E-state index contributed by atoms with van der Waals surface area (Å²) in [7, 11) is 0. The molecule has 0 spiro atoms. The van der Waals surface area contributed by atoms with E-state index in [2.05, 4.69) is 15.3 Å². The number of anilines is 3. The lowest BCUT2D eigenvalue weighted by Gasteiger charge is -2.26. The van der Waals surface area contributed by atoms with Crippen LogP contribution in [0, 0.1) is 12.7 Å². The Morgan fingerprint density at radius 1 is 1.32 bits per heavy atom. The van der Waals surface area contributed by atoms with Gasteiger partial charge >= 0.3 is 6.09 Å². The molecule has 9 nitrogen and oxygen atoms in total. The number of nitrogen functional groups attached to an aromatic ring is 1. The highest BCUT2D eigenvalue weighted by Gasteiger charge is 2.39. The van der Waals surface area contributed by atoms with Gasteiger partial charge in [-0.1, -0.05) is 0 Å². The maximum atomic E-state index is 15.4. The second kappa shape index (κ2) is 7.98. The summed E-state index contributed by atoms with van der Waals surface area (Å²) in [6.07, 6.45) is 3.11. The van der Waals surface area contributed by atoms with Gasteiger partial charge in [-0.3, -0.25) is 4.90 Å². The van der Waals surface area contributed by atoms with Crippen LogP contribution in [-0.2, 0) is 0 Å². The summed E-state index contributed by atoms with van der Waals surface area (Å²) in [6, 6.07) is 2.82. The number of benzene rings is 1. The zero-order chi connectivity index (χ0) is 24.2. The van der Waals surface area contributed by atoms with Crippen LogP contribution in [0.3, 0.4) is 0 Å². The van der Waals surface area contributed by atoms with Gasteiger partial charge in [-0.25, -0.2) is 19.2 Å². The van der Waals surface area contributed by atoms with Crippen LogP contribution in [0.15, 0.2) is 24.5 Å². The van der Waals surface area contributed by atoms with E-state index in [4.69, 9.17) is 10.5 Å². The minimum Gasteiger partial charge on any atom is -0.474 e. The minimum absolute atomic E-state index is 0.0708. The highest BCUT2D eigenvalue weighted by molar-refractivity contribution is 5.99. The number of nitrogens with zero attached hydrogens (tertiary/aromatic N) is 3. The number of halogens is 1. The van der Waals surface area contributed by atoms with Crippen molar-refractivity contribution in [2.24, 2.45) is 0 Å². The normalized spacial score (nSPS) is 21.6. The number of amides is 1. The molecule has 0 unspecified atom stereocenters. The molecule has 1 aliphatic heterocycles. The number of hydrogen-bond acceptors (Lipinski definition) is 7. The van der Waals surface area contributed by atoms with Gasteiger partial charge in [0.05, 0.1) is 11.3 Å². The molecule has 2 aliphatic rings. The van der Waals surface area contributed by atoms with Crippen molar-refractivity contribution in [1.29, 1.82) is 0 Å². The van der Waals surface area contributed by atoms with Crippen LogP contribution in [-0.4, -0.2) is 51.1 Å². The van der Waals surface area contributed by atoms with Crippen LogP contribution in [0.5, 0.6) is 5.88 Å². The Bertz CT molecular complexity index is 1310. The lowest BCUT2D eigenvalue weighted by atomic mass is 9.97. The van der Waals surface area contributed by atoms with Gasteiger partial charge < -0.3 is 26.0 Å². The van der Waals surface area contributed by atoms with Gasteiger partial charge in [0.25, 0.3) is 0 Å². The molecule has 1 aliphatic carbocycles. The summed E-state index contributed by atoms with van der Waals surface area (Å²) in [5, 5.41) is 24.4. The van der Waals surface area contributed by atoms with Gasteiger partial charge in [0.15, 0.2) is 5.82 Å². The predicted octanol–water partition coefficient (Wildman–Crippen LogP) is 3.92. The van der Waals surface area contributed by atoms with Crippen LogP contribution < -0.4 is 20.7 Å². The molecule has 1 aromatic carbocycles. The topological polar surface area (TPSA) is 134 Å². The van der Waals surface area contributed by atoms with Gasteiger partial charge in [-0.05, 0) is 56.2 Å². The number of carbonyl (C=O) groups is 1. The number of carboxylic acid groups (broad SMARTS) is 1. The molecular formula is C24H26FN5O4. The first-order chi connectivity index (χ1) is 16.2. The van der Waals surface area contributed by atoms with Gasteiger partial charge in [-0.2, -0.15) is 0 Å². The molecule has 3 aromatic rings. The average Bonchev–Trinajstić information content (AvgIpc) is 3.15. The summed E-state index contributed by atoms with van der Waals surface area (Å²) in [5.41, 5.74) is 7.45. The fourth-order valence-corrected chi connectivity index (χ4v) is 4.96. The molecule has 178 valence electrons. The van der Waals surface area contributed by atoms with Crippen molar-refractivity contribution in [2.45, 2.75) is 44.8 Å². The number of nitrogens with one attached hydrogen (secondary N) is 1. The largest absolute Gasteiger partial charge is 0.474 e. The Kier molecular flexibility index (Phi) is 5.20. The third kappa shape index (κ3) is 3.63. The number of nitrogens with two attached hydrogens (primary N) is 1. The van der Waals surface area contributed by atoms with Gasteiger partial charge in [0.2, 0.25) is 5.88 Å². The SMILES string of the molecule is Cc1c(-c2cc3cc(N(C(=O)O)[C@@H]4CC[C@](C)(O)C4)ncc3c(N)c2F)cnc2c1NCCO2. The van der Waals surface area contributed by atoms with E-state index in [1.54, 1.807) is 25.3 Å². The summed E-state index contributed by atoms with van der Waals surface area (Å²) >= 11 is 0. The second-order valence-electron chi connectivity index (χ2n) is 9.21. The highest BCUT2D eigenvalue weighted by atomic mass is 19.1. The monoisotopic (exact) mass is 467 g/mol. The number of hydrogen-bond donors (Lipinski definition) is 4. The second-order valence-corrected chi connectivity index (χ2v) is 9.21. The summed E-state index contributed by atoms with van der Waals surface area (Å²) in [5.74, 6) is 0.0817. The van der Waals surface area contributed by atoms with Crippen molar-refractivity contribution in [2.75, 3.05) is 29.1 Å². The number of aromatic nitrogens is 2. The molecule has 34 heavy (non-hydrogen) atoms. The molecule has 2 atom stereocenters. The molecule has 1 amide bonds. The number of fused-ring (bicyclic) bond motifs is 2. The highest BCUT2D eigenvalue weighted by Crippen LogP contribution is 2.40. The number of pyridine rings is 2. The van der Waals surface area contributed by atoms with Crippen molar-refractivity contribution in [1.82, 2.24) is 9.97 Å². The number of rotatable bonds is 3. The summed E-state index contributed by atoms with van der Waals surface area (Å²) < 4.78 is 21.0. The predicted molar refractivity (Wildman–Crippen MR) is 127 cm³/mol. The fourth-order valence-electron chi connectivity index (χ4n) is 4.96. The van der Waals surface area contributed by atoms with Crippen molar-refractivity contribution < 1.29 is 24.1 Å². The van der Waals surface area contributed by atoms with Gasteiger partial charge in [0.1, 0.15) is 18.1 Å². The van der Waals surface area contributed by atoms with Crippen LogP contribution >= 0.6 is 0 Å². The Hall–Kier alpha value is -3.66. The average molecular weight is 468 g/mol. The third-order valence-electron chi connectivity index (χ3n) is 6.73. The Labute approximate surface area is 195 Å². The first kappa shape index (κ1) is 22.1. The molecule has 3 heterocycles. The minimum atomic E-state index is -1.16. The van der Waals surface area contributed by atoms with Crippen molar-refractivity contribution >= 4 is 34.1 Å². The third-order valence-corrected chi connectivity index (χ3v) is 6.73. The summed E-state index contributed by atoms with van der Waals surface area (Å²) in [6.45, 7) is 4.68. The van der Waals surface area contributed by atoms with Crippen molar-refractivity contribution in [3.05, 3.63) is 35.9 Å². The van der Waals surface area contributed by atoms with E-state index in [1.807, 2.05) is 6.92 Å². The Balaban J connectivity index is 1.62. The molecule has 5 rings (SSSR count). The van der Waals surface area contributed by atoms with E-state index in [0.29, 0.717) is 60.3 Å². The first-order valence-corrected chi connectivity index (χ1v) is 11.2. The van der Waals surface area contributed by atoms with Crippen LogP contribution in [0.2, 0.25) is 0 Å². The van der Waals surface area contributed by atoms with Crippen LogP contribution in [0.4, 0.5) is 26.4 Å². The summed E-state index contributed by atoms with van der Waals surface area (Å²) in [4.78, 5) is 21.9. The molecule has 1 fully saturated rings. The molecule has 0 bridgehead atoms. The van der Waals surface area contributed by atoms with E-state index in [1.165, 1.54) is 11.1 Å². The quantitative estimate of drug-likeness (QED) is 0.426. The number of ether oxygens (including phenoxy) is 1. The van der Waals surface area contributed by atoms with Crippen LogP contribution in [0.1, 0.15) is 31.7 Å². The maximum absolute atomic E-state index is 15.4. The van der Waals surface area contributed by atoms with E-state index < -0.39 is 23.6 Å². The zero-order valence-corrected chi connectivity index (χ0v) is 18.9. The van der Waals surface area contributed by atoms with Crippen molar-refractivity contribution in [3.63, 3.8) is 0 Å². The van der Waals surface area contributed by atoms with Gasteiger partial charge in [-0.15, -0.1) is 0 Å². The lowest BCUT2D eigenvalue weighted by Crippen LogP contribution is -2.39. The molecule has 1 saturated carbocycles. The molecule has 5 N–H and O–H groups in total. The van der Waals surface area contributed by atoms with Crippen LogP contribution in [0.25, 0.3) is 21.9 Å². The fraction of sp³-hybridized carbons (Fsp3) is 0.375. The van der Waals surface area contributed by atoms with E-state index >= 15 is 4.39 Å². The standard InChI is InChI=1S/C24H26FN5O4/c1-12-16(10-29-22-21(12)27-5-6-34-22)15-7-13-8-18(28-11-17(13)20(26)19(15)25)30(23(31)32)14-3-4-24(2,33)9-14/h7-8,10-11,14,27,33H,3-6,9,26H2,1-2H3,(H,31,32)/t14-,24+/m1/s1. The molecule has 0 radical (unpaired) electrons. The Morgan fingerprint density at radius 2 is 2.12 bits per heavy atom. The van der Waals surface area contributed by atoms with Gasteiger partial charge in [0, 0.05) is 41.5 Å². The smallest absolute Gasteiger partial charge is 0.413 e. The molecular weight excluding hydrogens is 441 g/mol. The first-order valence-electron chi connectivity index (χ1n) is 11.2. The Morgan fingerprint density at radius 3 is 2.82 bits per heavy atom. The maximum Gasteiger partial charge on any atom is 0.413 e. The van der Waals surface area contributed by atoms with E-state index in [0.717, 1.165) is 5.56 Å². The molecule has 2 aromatic heterocycles. The van der Waals surface area contributed by atoms with E-state index in [-0.39, 0.29) is 17.1 Å².